The smallest absolute Gasteiger partial charge is 0.415 e. The van der Waals surface area contributed by atoms with E-state index in [4.69, 9.17) is 16.3 Å². The normalized spacial score (nSPS) is 10.5. The number of amides is 1. The van der Waals surface area contributed by atoms with E-state index in [1.807, 2.05) is 30.3 Å². The Kier molecular flexibility index (Phi) is 7.08. The van der Waals surface area contributed by atoms with Gasteiger partial charge >= 0.3 is 12.1 Å². The zero-order chi connectivity index (χ0) is 20.7. The van der Waals surface area contributed by atoms with E-state index < -0.39 is 17.7 Å². The number of carbonyl (C=O) groups excluding carboxylic acids is 2. The van der Waals surface area contributed by atoms with Crippen molar-refractivity contribution in [1.29, 1.82) is 0 Å². The zero-order valence-electron chi connectivity index (χ0n) is 16.3. The predicted molar refractivity (Wildman–Crippen MR) is 109 cm³/mol. The highest BCUT2D eigenvalue weighted by Crippen LogP contribution is 2.27. The molecule has 146 valence electrons. The van der Waals surface area contributed by atoms with Crippen LogP contribution >= 0.6 is 11.6 Å². The van der Waals surface area contributed by atoms with E-state index in [0.717, 1.165) is 5.56 Å². The molecule has 0 fully saturated rings. The summed E-state index contributed by atoms with van der Waals surface area (Å²) in [5.41, 5.74) is 1.14. The highest BCUT2D eigenvalue weighted by atomic mass is 35.5. The molecule has 6 heteroatoms. The number of halogens is 1. The summed E-state index contributed by atoms with van der Waals surface area (Å²) in [7, 11) is 1.25. The largest absolute Gasteiger partial charge is 0.459 e. The van der Waals surface area contributed by atoms with Gasteiger partial charge in [-0.15, -0.1) is 0 Å². The molecule has 2 aromatic carbocycles. The number of benzene rings is 2. The van der Waals surface area contributed by atoms with Crippen LogP contribution in [0.3, 0.4) is 0 Å². The second-order valence-electron chi connectivity index (χ2n) is 6.96. The maximum Gasteiger partial charge on any atom is 0.415 e. The van der Waals surface area contributed by atoms with Crippen molar-refractivity contribution in [3.63, 3.8) is 0 Å². The monoisotopic (exact) mass is 399 g/mol. The van der Waals surface area contributed by atoms with Crippen LogP contribution < -0.4 is 4.90 Å². The molecule has 5 nitrogen and oxygen atoms in total. The van der Waals surface area contributed by atoms with Gasteiger partial charge in [0, 0.05) is 10.9 Å². The molecule has 0 heterocycles. The van der Waals surface area contributed by atoms with E-state index in [9.17, 15) is 9.59 Å². The molecule has 0 aromatic heterocycles. The van der Waals surface area contributed by atoms with Gasteiger partial charge in [-0.1, -0.05) is 47.9 Å². The number of hydrogen-bond acceptors (Lipinski definition) is 4. The minimum atomic E-state index is -0.683. The lowest BCUT2D eigenvalue weighted by atomic mass is 10.1. The number of carbonyl (C=O) groups is 2. The number of methoxy groups -OCH3 is 1. The van der Waals surface area contributed by atoms with Gasteiger partial charge in [0.1, 0.15) is 5.60 Å². The van der Waals surface area contributed by atoms with Crippen LogP contribution in [0.25, 0.3) is 0 Å². The van der Waals surface area contributed by atoms with Crippen molar-refractivity contribution >= 4 is 29.4 Å². The van der Waals surface area contributed by atoms with Crippen molar-refractivity contribution in [2.75, 3.05) is 12.0 Å². The molecule has 0 saturated heterocycles. The number of ether oxygens (including phenoxy) is 2. The SMILES string of the molecule is COC(=O)C#Cc1cc(Cl)ccc1N(Cc1ccccc1)C(=O)OC(C)(C)C. The summed E-state index contributed by atoms with van der Waals surface area (Å²) >= 11 is 6.10. The van der Waals surface area contributed by atoms with Crippen molar-refractivity contribution in [3.8, 4) is 11.8 Å². The average Bonchev–Trinajstić information content (AvgIpc) is 2.64. The minimum Gasteiger partial charge on any atom is -0.459 e. The molecule has 0 N–H and O–H groups in total. The van der Waals surface area contributed by atoms with Crippen molar-refractivity contribution < 1.29 is 19.1 Å². The van der Waals surface area contributed by atoms with Gasteiger partial charge < -0.3 is 9.47 Å². The summed E-state index contributed by atoms with van der Waals surface area (Å²) in [5, 5.41) is 0.432. The third-order valence-electron chi connectivity index (χ3n) is 3.53. The molecule has 28 heavy (non-hydrogen) atoms. The average molecular weight is 400 g/mol. The van der Waals surface area contributed by atoms with Gasteiger partial charge in [0.2, 0.25) is 0 Å². The van der Waals surface area contributed by atoms with Crippen LogP contribution in [0.4, 0.5) is 10.5 Å². The first kappa shape index (κ1) is 21.3. The van der Waals surface area contributed by atoms with Gasteiger partial charge in [0.15, 0.2) is 0 Å². The van der Waals surface area contributed by atoms with Crippen molar-refractivity contribution in [2.24, 2.45) is 0 Å². The molecule has 1 amide bonds. The first-order valence-corrected chi connectivity index (χ1v) is 9.01. The number of esters is 1. The third kappa shape index (κ3) is 6.33. The Balaban J connectivity index is 2.51. The van der Waals surface area contributed by atoms with Crippen LogP contribution in [0.15, 0.2) is 48.5 Å². The third-order valence-corrected chi connectivity index (χ3v) is 3.77. The highest BCUT2D eigenvalue weighted by Gasteiger charge is 2.25. The Morgan fingerprint density at radius 2 is 1.79 bits per heavy atom. The summed E-state index contributed by atoms with van der Waals surface area (Å²) in [5.74, 6) is 4.42. The number of anilines is 1. The minimum absolute atomic E-state index is 0.268. The quantitative estimate of drug-likeness (QED) is 0.549. The topological polar surface area (TPSA) is 55.8 Å². The Morgan fingerprint density at radius 1 is 1.11 bits per heavy atom. The first-order chi connectivity index (χ1) is 13.2. The fourth-order valence-corrected chi connectivity index (χ4v) is 2.52. The highest BCUT2D eigenvalue weighted by molar-refractivity contribution is 6.30. The fourth-order valence-electron chi connectivity index (χ4n) is 2.34. The van der Waals surface area contributed by atoms with Crippen LogP contribution in [-0.4, -0.2) is 24.8 Å². The van der Waals surface area contributed by atoms with Gasteiger partial charge in [-0.25, -0.2) is 9.59 Å². The van der Waals surface area contributed by atoms with E-state index in [1.54, 1.807) is 39.0 Å². The lowest BCUT2D eigenvalue weighted by Gasteiger charge is -2.28. The molecule has 0 spiro atoms. The van der Waals surface area contributed by atoms with Crippen LogP contribution in [0.1, 0.15) is 31.9 Å². The molecule has 0 aliphatic carbocycles. The van der Waals surface area contributed by atoms with Crippen molar-refractivity contribution in [3.05, 3.63) is 64.7 Å². The second-order valence-corrected chi connectivity index (χ2v) is 7.39. The van der Waals surface area contributed by atoms with Crippen LogP contribution in [-0.2, 0) is 20.8 Å². The molecule has 0 aliphatic heterocycles. The molecular weight excluding hydrogens is 378 g/mol. The Morgan fingerprint density at radius 3 is 2.39 bits per heavy atom. The summed E-state index contributed by atoms with van der Waals surface area (Å²) in [6.07, 6.45) is -0.528. The molecular formula is C22H22ClNO4. The first-order valence-electron chi connectivity index (χ1n) is 8.63. The lowest BCUT2D eigenvalue weighted by molar-refractivity contribution is -0.133. The Hall–Kier alpha value is -2.97. The number of rotatable bonds is 3. The molecule has 0 radical (unpaired) electrons. The fraction of sp³-hybridized carbons (Fsp3) is 0.273. The molecule has 0 aliphatic rings. The van der Waals surface area contributed by atoms with Gasteiger partial charge in [-0.3, -0.25) is 4.90 Å². The van der Waals surface area contributed by atoms with E-state index >= 15 is 0 Å². The van der Waals surface area contributed by atoms with Gasteiger partial charge in [-0.2, -0.15) is 0 Å². The molecule has 2 aromatic rings. The molecule has 0 atom stereocenters. The van der Waals surface area contributed by atoms with E-state index in [-0.39, 0.29) is 6.54 Å². The summed E-state index contributed by atoms with van der Waals surface area (Å²) < 4.78 is 10.1. The maximum absolute atomic E-state index is 12.9. The molecule has 0 bridgehead atoms. The standard InChI is InChI=1S/C22H22ClNO4/c1-22(2,3)28-21(26)24(15-16-8-6-5-7-9-16)19-12-11-18(23)14-17(19)10-13-20(25)27-4/h5-9,11-12,14H,15H2,1-4H3. The Labute approximate surface area is 170 Å². The molecule has 0 unspecified atom stereocenters. The predicted octanol–water partition coefficient (Wildman–Crippen LogP) is 4.81. The Bertz CT molecular complexity index is 908. The molecule has 2 rings (SSSR count). The number of nitrogens with zero attached hydrogens (tertiary/aromatic N) is 1. The van der Waals surface area contributed by atoms with Crippen molar-refractivity contribution in [1.82, 2.24) is 0 Å². The number of hydrogen-bond donors (Lipinski definition) is 0. The summed E-state index contributed by atoms with van der Waals surface area (Å²) in [4.78, 5) is 25.8. The van der Waals surface area contributed by atoms with Gasteiger partial charge in [0.05, 0.1) is 24.9 Å². The lowest BCUT2D eigenvalue weighted by Crippen LogP contribution is -2.37. The van der Waals surface area contributed by atoms with E-state index in [2.05, 4.69) is 16.6 Å². The zero-order valence-corrected chi connectivity index (χ0v) is 17.0. The summed E-state index contributed by atoms with van der Waals surface area (Å²) in [6, 6.07) is 14.4. The van der Waals surface area contributed by atoms with Gasteiger partial charge in [-0.05, 0) is 44.5 Å². The van der Waals surface area contributed by atoms with Crippen LogP contribution in [0, 0.1) is 11.8 Å². The van der Waals surface area contributed by atoms with Crippen LogP contribution in [0.5, 0.6) is 0 Å². The maximum atomic E-state index is 12.9. The van der Waals surface area contributed by atoms with E-state index in [1.165, 1.54) is 12.0 Å². The van der Waals surface area contributed by atoms with Gasteiger partial charge in [0.25, 0.3) is 0 Å². The second kappa shape index (κ2) is 9.29. The van der Waals surface area contributed by atoms with Crippen LogP contribution in [0.2, 0.25) is 5.02 Å². The van der Waals surface area contributed by atoms with Crippen molar-refractivity contribution in [2.45, 2.75) is 32.9 Å². The summed E-state index contributed by atoms with van der Waals surface area (Å²) in [6.45, 7) is 5.66. The van der Waals surface area contributed by atoms with E-state index in [0.29, 0.717) is 16.3 Å². The molecule has 0 saturated carbocycles.